The largest absolute Gasteiger partial charge is 0.549 e. The Morgan fingerprint density at radius 3 is 0.812 bits per heavy atom. The first-order valence-corrected chi connectivity index (χ1v) is 27.6. The van der Waals surface area contributed by atoms with E-state index in [1.807, 2.05) is 11.8 Å². The lowest BCUT2D eigenvalue weighted by Crippen LogP contribution is -2.49. The number of epoxide rings is 1. The van der Waals surface area contributed by atoms with Crippen molar-refractivity contribution in [3.05, 3.63) is 0 Å². The first-order chi connectivity index (χ1) is 32.7. The Morgan fingerprint density at radius 2 is 0.638 bits per heavy atom. The molecular formula is C52H115N12O5-. The fraction of sp³-hybridized carbons (Fsp3) is 0.981. The predicted molar refractivity (Wildman–Crippen MR) is 290 cm³/mol. The van der Waals surface area contributed by atoms with E-state index in [1.54, 1.807) is 6.92 Å². The number of aliphatic hydroxyl groups is 2. The molecule has 0 aromatic carbocycles. The second kappa shape index (κ2) is 43.3. The number of likely N-dealkylation sites (N-methyl/N-ethyl adjacent to an activating group) is 8. The molecule has 0 saturated carbocycles. The quantitative estimate of drug-likeness (QED) is 0.210. The molecule has 3 atom stereocenters. The molecule has 4 aliphatic rings. The standard InChI is InChI=1S/C17H36N4O3.C17H38N4O.C14H32N4.C3H6O.CH4/c1-4-18-6-7-19(5-2)9-11-21(15-17(23)24)13-12-20(10-8-18)14-16(3)22;1-5-18-8-10-19(6-2)12-14-21(16-17(4)22)15-13-20(7-3)11-9-18;1-4-16-9-7-15-8-10-17(5-2)12-14-18(6-3)13-11-16;1-3-2-4-3;/h16,22H,4-15H2,1-3H3,(H,23,24);17,22H,5-16H2,1-4H3;15H,4-14H2,1-3H3;3H,2H2,1H3;1H4/p-1. The van der Waals surface area contributed by atoms with Gasteiger partial charge in [-0.3, -0.25) is 14.7 Å². The Kier molecular flexibility index (Phi) is 42.6. The summed E-state index contributed by atoms with van der Waals surface area (Å²) < 4.78 is 4.71. The number of carboxylic acids is 1. The van der Waals surface area contributed by atoms with E-state index in [-0.39, 0.29) is 26.2 Å². The first-order valence-electron chi connectivity index (χ1n) is 27.6. The van der Waals surface area contributed by atoms with Gasteiger partial charge in [0.15, 0.2) is 0 Å². The maximum Gasteiger partial charge on any atom is 0.0781 e. The number of aliphatic hydroxyl groups excluding tert-OH is 2. The Hall–Kier alpha value is -1.13. The van der Waals surface area contributed by atoms with Crippen molar-refractivity contribution >= 4 is 5.97 Å². The van der Waals surface area contributed by atoms with Crippen LogP contribution in [0.4, 0.5) is 0 Å². The van der Waals surface area contributed by atoms with Gasteiger partial charge in [-0.25, -0.2) is 0 Å². The number of ether oxygens (including phenoxy) is 1. The average molecular weight is 989 g/mol. The molecule has 0 radical (unpaired) electrons. The molecule has 0 bridgehead atoms. The molecule has 4 heterocycles. The van der Waals surface area contributed by atoms with E-state index in [1.165, 1.54) is 58.9 Å². The van der Waals surface area contributed by atoms with Crippen molar-refractivity contribution in [3.8, 4) is 0 Å². The van der Waals surface area contributed by atoms with Crippen molar-refractivity contribution in [2.45, 2.75) is 102 Å². The summed E-state index contributed by atoms with van der Waals surface area (Å²) in [5.74, 6) is -1.02. The number of carbonyl (C=O) groups excluding carboxylic acids is 1. The van der Waals surface area contributed by atoms with Crippen molar-refractivity contribution < 1.29 is 24.9 Å². The second-order valence-electron chi connectivity index (χ2n) is 19.3. The summed E-state index contributed by atoms with van der Waals surface area (Å²) >= 11 is 0. The minimum atomic E-state index is -1.02. The summed E-state index contributed by atoms with van der Waals surface area (Å²) in [7, 11) is 0. The van der Waals surface area contributed by atoms with Crippen molar-refractivity contribution in [3.63, 3.8) is 0 Å². The third-order valence-corrected chi connectivity index (χ3v) is 14.0. The minimum Gasteiger partial charge on any atom is -0.549 e. The number of carboxylic acid groups (broad SMARTS) is 1. The molecule has 17 heteroatoms. The van der Waals surface area contributed by atoms with E-state index in [0.29, 0.717) is 19.2 Å². The van der Waals surface area contributed by atoms with Gasteiger partial charge in [0.2, 0.25) is 0 Å². The molecule has 4 aliphatic heterocycles. The van der Waals surface area contributed by atoms with Gasteiger partial charge in [0.05, 0.1) is 30.9 Å². The molecule has 0 spiro atoms. The van der Waals surface area contributed by atoms with E-state index in [4.69, 9.17) is 4.74 Å². The lowest BCUT2D eigenvalue weighted by Gasteiger charge is -2.34. The second-order valence-corrected chi connectivity index (χ2v) is 19.3. The van der Waals surface area contributed by atoms with Crippen LogP contribution < -0.4 is 10.4 Å². The van der Waals surface area contributed by atoms with Gasteiger partial charge >= 0.3 is 0 Å². The number of nitrogens with one attached hydrogen (secondary N) is 1. The average Bonchev–Trinajstić information content (AvgIpc) is 4.11. The van der Waals surface area contributed by atoms with Crippen LogP contribution in [0.2, 0.25) is 0 Å². The number of hydrogen-bond acceptors (Lipinski definition) is 17. The molecule has 0 aromatic rings. The van der Waals surface area contributed by atoms with Crippen molar-refractivity contribution in [1.29, 1.82) is 0 Å². The van der Waals surface area contributed by atoms with Gasteiger partial charge in [-0.2, -0.15) is 0 Å². The number of β-amino-alcohol motifs (C(OH)–C–C–N with tert-alkyl or cyclic N) is 2. The molecule has 0 amide bonds. The zero-order chi connectivity index (χ0) is 50.5. The highest BCUT2D eigenvalue weighted by Crippen LogP contribution is 2.05. The number of rotatable bonds is 14. The lowest BCUT2D eigenvalue weighted by molar-refractivity contribution is -0.306. The highest BCUT2D eigenvalue weighted by atomic mass is 16.6. The van der Waals surface area contributed by atoms with Crippen LogP contribution in [0.15, 0.2) is 0 Å². The first kappa shape index (κ1) is 67.9. The molecular weight excluding hydrogens is 873 g/mol. The van der Waals surface area contributed by atoms with E-state index < -0.39 is 5.97 Å². The van der Waals surface area contributed by atoms with E-state index in [0.717, 1.165) is 157 Å². The Morgan fingerprint density at radius 1 is 0.449 bits per heavy atom. The smallest absolute Gasteiger partial charge is 0.0781 e. The maximum atomic E-state index is 11.0. The SMILES string of the molecule is C.CC1CO1.CCN1CCN(CC)CCN(CC(C)O)CCN(CC(=O)[O-])CC1.CCN1CCN(CC)CCN(CC(C)O)CCN(CC)CC1.CCN1CCNCCN(CC)CCN(CC)CC1. The summed E-state index contributed by atoms with van der Waals surface area (Å²) in [6.07, 6.45) is -0.0354. The lowest BCUT2D eigenvalue weighted by atomic mass is 10.3. The summed E-state index contributed by atoms with van der Waals surface area (Å²) in [4.78, 5) is 37.8. The van der Waals surface area contributed by atoms with Crippen LogP contribution in [-0.4, -0.2) is 324 Å². The highest BCUT2D eigenvalue weighted by molar-refractivity contribution is 5.66. The van der Waals surface area contributed by atoms with Crippen molar-refractivity contribution in [2.75, 3.05) is 236 Å². The minimum absolute atomic E-state index is 0. The van der Waals surface area contributed by atoms with E-state index in [2.05, 4.69) is 117 Å². The van der Waals surface area contributed by atoms with Gasteiger partial charge in [-0.1, -0.05) is 62.8 Å². The number of aliphatic carboxylic acids is 1. The third-order valence-electron chi connectivity index (χ3n) is 14.0. The van der Waals surface area contributed by atoms with Crippen LogP contribution in [0.3, 0.4) is 0 Å². The molecule has 69 heavy (non-hydrogen) atoms. The number of nitrogens with zero attached hydrogens (tertiary/aromatic N) is 11. The maximum absolute atomic E-state index is 11.0. The molecule has 4 fully saturated rings. The van der Waals surface area contributed by atoms with Gasteiger partial charge in [-0.15, -0.1) is 0 Å². The fourth-order valence-corrected chi connectivity index (χ4v) is 8.74. The van der Waals surface area contributed by atoms with Crippen LogP contribution in [0.25, 0.3) is 0 Å². The van der Waals surface area contributed by atoms with E-state index >= 15 is 0 Å². The zero-order valence-corrected chi connectivity index (χ0v) is 46.2. The molecule has 3 N–H and O–H groups in total. The predicted octanol–water partition coefficient (Wildman–Crippen LogP) is 0.623. The summed E-state index contributed by atoms with van der Waals surface area (Å²) in [5.41, 5.74) is 0. The van der Waals surface area contributed by atoms with Crippen LogP contribution >= 0.6 is 0 Å². The summed E-state index contributed by atoms with van der Waals surface area (Å²) in [6.45, 7) is 60.2. The molecule has 17 nitrogen and oxygen atoms in total. The van der Waals surface area contributed by atoms with E-state index in [9.17, 15) is 20.1 Å². The Labute approximate surface area is 426 Å². The van der Waals surface area contributed by atoms with Gasteiger partial charge in [0.1, 0.15) is 0 Å². The van der Waals surface area contributed by atoms with Gasteiger partial charge in [0.25, 0.3) is 0 Å². The molecule has 3 unspecified atom stereocenters. The van der Waals surface area contributed by atoms with Gasteiger partial charge in [-0.05, 0) is 73.1 Å². The Bertz CT molecular complexity index is 1130. The molecule has 414 valence electrons. The van der Waals surface area contributed by atoms with Crippen LogP contribution in [0.5, 0.6) is 0 Å². The fourth-order valence-electron chi connectivity index (χ4n) is 8.74. The molecule has 0 aromatic heterocycles. The van der Waals surface area contributed by atoms with Crippen LogP contribution in [-0.2, 0) is 9.53 Å². The normalized spacial score (nSPS) is 23.9. The molecule has 0 aliphatic carbocycles. The number of hydrogen-bond donors (Lipinski definition) is 3. The molecule has 4 rings (SSSR count). The van der Waals surface area contributed by atoms with Crippen molar-refractivity contribution in [2.24, 2.45) is 0 Å². The van der Waals surface area contributed by atoms with Gasteiger partial charge < -0.3 is 69.4 Å². The number of carbonyl (C=O) groups is 1. The zero-order valence-electron chi connectivity index (χ0n) is 46.2. The van der Waals surface area contributed by atoms with Gasteiger partial charge in [0, 0.05) is 177 Å². The topological polar surface area (TPSA) is 141 Å². The summed E-state index contributed by atoms with van der Waals surface area (Å²) in [5, 5.41) is 34.0. The monoisotopic (exact) mass is 988 g/mol. The summed E-state index contributed by atoms with van der Waals surface area (Å²) in [6, 6.07) is 0. The van der Waals surface area contributed by atoms with Crippen molar-refractivity contribution in [1.82, 2.24) is 59.2 Å². The Balaban J connectivity index is 0.000000963. The third kappa shape index (κ3) is 36.4. The highest BCUT2D eigenvalue weighted by Gasteiger charge is 2.18. The molecule has 4 saturated heterocycles. The van der Waals surface area contributed by atoms with Crippen LogP contribution in [0.1, 0.15) is 83.6 Å². The van der Waals surface area contributed by atoms with Crippen LogP contribution in [0, 0.1) is 0 Å².